The highest BCUT2D eigenvalue weighted by Crippen LogP contribution is 2.32. The first kappa shape index (κ1) is 14.2. The molecule has 1 heterocycles. The molecule has 1 rings (SSSR count). The first-order chi connectivity index (χ1) is 7.95. The molecule has 2 atom stereocenters. The minimum Gasteiger partial charge on any atom is -0.384 e. The maximum Gasteiger partial charge on any atom is 0.393 e. The smallest absolute Gasteiger partial charge is 0.384 e. The zero-order valence-electron chi connectivity index (χ0n) is 9.64. The average molecular weight is 254 g/mol. The lowest BCUT2D eigenvalue weighted by Gasteiger charge is -2.34. The van der Waals surface area contributed by atoms with Gasteiger partial charge in [-0.3, -0.25) is 4.79 Å². The fraction of sp³-hybridized carbons (Fsp3) is 0.900. The van der Waals surface area contributed by atoms with E-state index in [-0.39, 0.29) is 26.0 Å². The van der Waals surface area contributed by atoms with Crippen molar-refractivity contribution in [1.82, 2.24) is 10.6 Å². The molecule has 1 saturated heterocycles. The number of ether oxygens (including phenoxy) is 1. The third kappa shape index (κ3) is 4.51. The molecule has 100 valence electrons. The van der Waals surface area contributed by atoms with Crippen molar-refractivity contribution in [2.24, 2.45) is 5.92 Å². The summed E-state index contributed by atoms with van der Waals surface area (Å²) in [5.41, 5.74) is 0. The molecule has 0 saturated carbocycles. The van der Waals surface area contributed by atoms with Crippen molar-refractivity contribution >= 4 is 5.91 Å². The third-order valence-corrected chi connectivity index (χ3v) is 2.78. The first-order valence-electron chi connectivity index (χ1n) is 5.51. The molecule has 0 aromatic carbocycles. The van der Waals surface area contributed by atoms with Crippen molar-refractivity contribution in [3.05, 3.63) is 0 Å². The van der Waals surface area contributed by atoms with Gasteiger partial charge in [-0.05, 0) is 13.0 Å². The molecule has 2 unspecified atom stereocenters. The van der Waals surface area contributed by atoms with Crippen LogP contribution in [0.5, 0.6) is 0 Å². The summed E-state index contributed by atoms with van der Waals surface area (Å²) in [5, 5.41) is 5.26. The fourth-order valence-electron chi connectivity index (χ4n) is 1.88. The highest BCUT2D eigenvalue weighted by Gasteiger charge is 2.45. The maximum atomic E-state index is 12.7. The minimum atomic E-state index is -4.26. The van der Waals surface area contributed by atoms with Crippen LogP contribution in [0.1, 0.15) is 12.8 Å². The Kier molecular flexibility index (Phi) is 5.20. The van der Waals surface area contributed by atoms with Crippen molar-refractivity contribution < 1.29 is 22.7 Å². The van der Waals surface area contributed by atoms with Gasteiger partial charge in [0, 0.05) is 20.1 Å². The van der Waals surface area contributed by atoms with Crippen LogP contribution in [0.15, 0.2) is 0 Å². The number of hydrogen-bond donors (Lipinski definition) is 2. The number of alkyl halides is 3. The van der Waals surface area contributed by atoms with Gasteiger partial charge in [0.25, 0.3) is 0 Å². The minimum absolute atomic E-state index is 0.00127. The van der Waals surface area contributed by atoms with Gasteiger partial charge < -0.3 is 15.4 Å². The third-order valence-electron chi connectivity index (χ3n) is 2.78. The molecule has 0 aromatic heterocycles. The van der Waals surface area contributed by atoms with Crippen molar-refractivity contribution in [1.29, 1.82) is 0 Å². The van der Waals surface area contributed by atoms with E-state index < -0.39 is 24.0 Å². The molecule has 1 aliphatic heterocycles. The number of rotatable bonds is 4. The number of hydrogen-bond acceptors (Lipinski definition) is 3. The summed E-state index contributed by atoms with van der Waals surface area (Å²) in [5.74, 6) is -1.87. The van der Waals surface area contributed by atoms with Crippen molar-refractivity contribution in [2.45, 2.75) is 25.1 Å². The Balaban J connectivity index is 2.51. The molecule has 0 aromatic rings. The van der Waals surface area contributed by atoms with Gasteiger partial charge in [0.2, 0.25) is 5.91 Å². The maximum absolute atomic E-state index is 12.7. The van der Waals surface area contributed by atoms with E-state index in [0.29, 0.717) is 6.54 Å². The lowest BCUT2D eigenvalue weighted by molar-refractivity contribution is -0.187. The van der Waals surface area contributed by atoms with E-state index in [1.54, 1.807) is 0 Å². The summed E-state index contributed by atoms with van der Waals surface area (Å²) >= 11 is 0. The van der Waals surface area contributed by atoms with Crippen LogP contribution in [0, 0.1) is 5.92 Å². The Labute approximate surface area is 97.9 Å². The van der Waals surface area contributed by atoms with E-state index >= 15 is 0 Å². The van der Waals surface area contributed by atoms with E-state index in [1.165, 1.54) is 7.11 Å². The normalized spacial score (nSPS) is 25.6. The Hall–Kier alpha value is -0.820. The van der Waals surface area contributed by atoms with Gasteiger partial charge in [0.15, 0.2) is 0 Å². The van der Waals surface area contributed by atoms with Crippen LogP contribution in [0.4, 0.5) is 13.2 Å². The zero-order valence-corrected chi connectivity index (χ0v) is 9.64. The Bertz CT molecular complexity index is 258. The van der Waals surface area contributed by atoms with Crippen LogP contribution >= 0.6 is 0 Å². The number of halogens is 3. The molecule has 4 nitrogen and oxygen atoms in total. The largest absolute Gasteiger partial charge is 0.393 e. The molecule has 1 fully saturated rings. The monoisotopic (exact) mass is 254 g/mol. The van der Waals surface area contributed by atoms with E-state index in [0.717, 1.165) is 0 Å². The summed E-state index contributed by atoms with van der Waals surface area (Å²) in [4.78, 5) is 11.4. The number of nitrogens with one attached hydrogen (secondary N) is 2. The molecule has 7 heteroatoms. The lowest BCUT2D eigenvalue weighted by atomic mass is 9.92. The van der Waals surface area contributed by atoms with Crippen molar-refractivity contribution in [3.63, 3.8) is 0 Å². The van der Waals surface area contributed by atoms with Gasteiger partial charge in [0.1, 0.15) is 0 Å². The molecular formula is C10H17F3N2O2. The number of carbonyl (C=O) groups is 1. The highest BCUT2D eigenvalue weighted by atomic mass is 19.4. The number of methoxy groups -OCH3 is 1. The Morgan fingerprint density at radius 3 is 2.82 bits per heavy atom. The van der Waals surface area contributed by atoms with Gasteiger partial charge in [-0.15, -0.1) is 0 Å². The van der Waals surface area contributed by atoms with Crippen molar-refractivity contribution in [2.75, 3.05) is 26.8 Å². The van der Waals surface area contributed by atoms with Gasteiger partial charge >= 0.3 is 6.18 Å². The van der Waals surface area contributed by atoms with Crippen LogP contribution in [-0.2, 0) is 9.53 Å². The van der Waals surface area contributed by atoms with E-state index in [1.807, 2.05) is 0 Å². The summed E-state index contributed by atoms with van der Waals surface area (Å²) in [6.07, 6.45) is -4.18. The van der Waals surface area contributed by atoms with Gasteiger partial charge in [-0.25, -0.2) is 0 Å². The fourth-order valence-corrected chi connectivity index (χ4v) is 1.88. The molecule has 0 spiro atoms. The number of carbonyl (C=O) groups excluding carboxylic acids is 1. The Morgan fingerprint density at radius 2 is 2.24 bits per heavy atom. The summed E-state index contributed by atoms with van der Waals surface area (Å²) in [6, 6.07) is -0.881. The highest BCUT2D eigenvalue weighted by molar-refractivity contribution is 5.76. The second-order valence-electron chi connectivity index (χ2n) is 4.06. The number of piperidine rings is 1. The summed E-state index contributed by atoms with van der Waals surface area (Å²) in [6.45, 7) is 0.695. The standard InChI is InChI=1S/C10H17F3N2O2/c1-17-5-3-9(16)15-8-6-14-4-2-7(8)10(11,12)13/h7-8,14H,2-6H2,1H3,(H,15,16). The second-order valence-corrected chi connectivity index (χ2v) is 4.06. The quantitative estimate of drug-likeness (QED) is 0.775. The van der Waals surface area contributed by atoms with Gasteiger partial charge in [-0.1, -0.05) is 0 Å². The zero-order chi connectivity index (χ0) is 12.9. The lowest BCUT2D eigenvalue weighted by Crippen LogP contribution is -2.55. The average Bonchev–Trinajstić information content (AvgIpc) is 2.25. The van der Waals surface area contributed by atoms with Crippen LogP contribution in [0.25, 0.3) is 0 Å². The molecule has 2 N–H and O–H groups in total. The van der Waals surface area contributed by atoms with Gasteiger partial charge in [-0.2, -0.15) is 13.2 Å². The molecule has 1 amide bonds. The van der Waals surface area contributed by atoms with Crippen LogP contribution < -0.4 is 10.6 Å². The van der Waals surface area contributed by atoms with Crippen LogP contribution in [0.2, 0.25) is 0 Å². The first-order valence-corrected chi connectivity index (χ1v) is 5.51. The number of amides is 1. The molecule has 0 radical (unpaired) electrons. The van der Waals surface area contributed by atoms with E-state index in [4.69, 9.17) is 4.74 Å². The predicted molar refractivity (Wildman–Crippen MR) is 55.5 cm³/mol. The predicted octanol–water partition coefficient (Wildman–Crippen LogP) is 0.679. The SMILES string of the molecule is COCCC(=O)NC1CNCCC1C(F)(F)F. The molecule has 17 heavy (non-hydrogen) atoms. The van der Waals surface area contributed by atoms with Crippen LogP contribution in [-0.4, -0.2) is 44.9 Å². The summed E-state index contributed by atoms with van der Waals surface area (Å²) < 4.78 is 42.8. The molecule has 1 aliphatic rings. The Morgan fingerprint density at radius 1 is 1.53 bits per heavy atom. The van der Waals surface area contributed by atoms with Crippen LogP contribution in [0.3, 0.4) is 0 Å². The second kappa shape index (κ2) is 6.20. The van der Waals surface area contributed by atoms with Crippen molar-refractivity contribution in [3.8, 4) is 0 Å². The summed E-state index contributed by atoms with van der Waals surface area (Å²) in [7, 11) is 1.44. The topological polar surface area (TPSA) is 50.4 Å². The van der Waals surface area contributed by atoms with Gasteiger partial charge in [0.05, 0.1) is 18.6 Å². The molecular weight excluding hydrogens is 237 g/mol. The molecule has 0 aliphatic carbocycles. The van der Waals surface area contributed by atoms with E-state index in [9.17, 15) is 18.0 Å². The van der Waals surface area contributed by atoms with E-state index in [2.05, 4.69) is 10.6 Å². The molecule has 0 bridgehead atoms.